The molecule has 2 aromatic rings. The standard InChI is InChI=1S/2C13H15N3O4.Co.3H2O/c2*1-12(2)13(3,4)16(20)10(15(12)19)8-6-5-7-9(14-8)11(17)18;;;;/h2*5-7H,1-4H3;;3*1H2. The van der Waals surface area contributed by atoms with Gasteiger partial charge in [0.2, 0.25) is 22.5 Å². The fraction of sp³-hybridized carbons (Fsp3) is 0.462. The topological polar surface area (TPSA) is 293 Å². The maximum atomic E-state index is 12.4. The molecule has 4 rings (SSSR count). The second-order valence-electron chi connectivity index (χ2n) is 11.5. The molecule has 0 saturated carbocycles. The predicted molar refractivity (Wildman–Crippen MR) is 147 cm³/mol. The van der Waals surface area contributed by atoms with Crippen molar-refractivity contribution in [2.45, 2.75) is 77.5 Å². The van der Waals surface area contributed by atoms with Crippen molar-refractivity contribution < 1.29 is 72.0 Å². The molecule has 0 unspecified atom stereocenters. The third-order valence-corrected chi connectivity index (χ3v) is 8.17. The SMILES string of the molecule is CC1(C)[N+](=O)C(c2cccc(C(=O)[O-])n2)=[N+]([O-])C1(C)C.CC1(C)[N+](=O)C(c2cccc(C(=O)[O-])n2)=[N+]([O-])C1(C)C.O.O.O.[Co]. The molecule has 4 heterocycles. The predicted octanol–water partition coefficient (Wildman–Crippen LogP) is -2.37. The van der Waals surface area contributed by atoms with Crippen LogP contribution in [0, 0.1) is 20.2 Å². The number of pyridine rings is 2. The van der Waals surface area contributed by atoms with Gasteiger partial charge in [-0.15, -0.1) is 9.48 Å². The molecule has 0 saturated heterocycles. The third kappa shape index (κ3) is 6.34. The summed E-state index contributed by atoms with van der Waals surface area (Å²) in [5.41, 5.74) is -4.47. The maximum Gasteiger partial charge on any atom is 0.523 e. The van der Waals surface area contributed by atoms with E-state index in [9.17, 15) is 40.0 Å². The molecule has 0 aliphatic carbocycles. The number of nitroso groups, excluding NO2 is 2. The van der Waals surface area contributed by atoms with Crippen molar-refractivity contribution in [3.63, 3.8) is 0 Å². The van der Waals surface area contributed by atoms with Gasteiger partial charge in [-0.1, -0.05) is 12.1 Å². The van der Waals surface area contributed by atoms with Gasteiger partial charge < -0.3 is 46.6 Å². The normalized spacial score (nSPS) is 18.5. The van der Waals surface area contributed by atoms with E-state index in [1.165, 1.54) is 36.4 Å². The molecule has 0 bridgehead atoms. The summed E-state index contributed by atoms with van der Waals surface area (Å²) in [5.74, 6) is -3.30. The van der Waals surface area contributed by atoms with Gasteiger partial charge in [-0.2, -0.15) is 0 Å². The zero-order valence-corrected chi connectivity index (χ0v) is 26.3. The number of hydrogen-bond donors (Lipinski definition) is 0. The number of rotatable bonds is 4. The number of aromatic carboxylic acids is 2. The fourth-order valence-electron chi connectivity index (χ4n) is 3.98. The molecule has 0 spiro atoms. The third-order valence-electron chi connectivity index (χ3n) is 8.17. The van der Waals surface area contributed by atoms with Gasteiger partial charge in [0.1, 0.15) is 9.52 Å². The molecule has 2 aromatic heterocycles. The number of nitrogens with zero attached hydrogens (tertiary/aromatic N) is 6. The summed E-state index contributed by atoms with van der Waals surface area (Å²) < 4.78 is 2.34. The Morgan fingerprint density at radius 1 is 0.591 bits per heavy atom. The molecule has 0 atom stereocenters. The van der Waals surface area contributed by atoms with Crippen LogP contribution in [0.15, 0.2) is 36.4 Å². The second-order valence-corrected chi connectivity index (χ2v) is 11.5. The van der Waals surface area contributed by atoms with Crippen LogP contribution in [0.25, 0.3) is 0 Å². The van der Waals surface area contributed by atoms with Crippen LogP contribution in [0.3, 0.4) is 0 Å². The Morgan fingerprint density at radius 3 is 1.07 bits per heavy atom. The van der Waals surface area contributed by atoms with E-state index in [2.05, 4.69) is 9.97 Å². The maximum absolute atomic E-state index is 12.4. The van der Waals surface area contributed by atoms with Crippen LogP contribution in [0.2, 0.25) is 0 Å². The molecular formula is C26H36CoN6O11. The van der Waals surface area contributed by atoms with E-state index in [1.807, 2.05) is 0 Å². The molecule has 18 heteroatoms. The van der Waals surface area contributed by atoms with Gasteiger partial charge in [-0.05, 0) is 24.3 Å². The fourth-order valence-corrected chi connectivity index (χ4v) is 3.98. The van der Waals surface area contributed by atoms with Gasteiger partial charge in [-0.25, -0.2) is 9.97 Å². The summed E-state index contributed by atoms with van der Waals surface area (Å²) in [5, 5.41) is 46.4. The summed E-state index contributed by atoms with van der Waals surface area (Å²) >= 11 is 0. The Balaban J connectivity index is 0. The van der Waals surface area contributed by atoms with E-state index >= 15 is 0 Å². The molecular weight excluding hydrogens is 631 g/mol. The second kappa shape index (κ2) is 13.6. The molecule has 0 aromatic carbocycles. The number of carboxylic acids is 2. The summed E-state index contributed by atoms with van der Waals surface area (Å²) in [6.45, 7) is 13.2. The average Bonchev–Trinajstić information content (AvgIpc) is 3.08. The first-order valence-corrected chi connectivity index (χ1v) is 12.2. The first-order valence-electron chi connectivity index (χ1n) is 12.2. The molecule has 245 valence electrons. The average molecular weight is 668 g/mol. The smallest absolute Gasteiger partial charge is 0.523 e. The van der Waals surface area contributed by atoms with E-state index in [1.54, 1.807) is 55.4 Å². The molecule has 17 nitrogen and oxygen atoms in total. The number of carboxylic acid groups (broad SMARTS) is 2. The molecule has 0 amide bonds. The van der Waals surface area contributed by atoms with E-state index in [0.717, 1.165) is 0 Å². The number of carbonyl (C=O) groups is 2. The molecule has 6 N–H and O–H groups in total. The quantitative estimate of drug-likeness (QED) is 0.246. The Kier molecular flexibility index (Phi) is 12.9. The van der Waals surface area contributed by atoms with Gasteiger partial charge in [0, 0.05) is 82.0 Å². The summed E-state index contributed by atoms with van der Waals surface area (Å²) in [6, 6.07) is 8.18. The van der Waals surface area contributed by atoms with Crippen molar-refractivity contribution in [3.8, 4) is 0 Å². The molecule has 1 radical (unpaired) electrons. The minimum Gasteiger partial charge on any atom is -0.618 e. The van der Waals surface area contributed by atoms with Crippen LogP contribution < -0.4 is 10.2 Å². The summed E-state index contributed by atoms with van der Waals surface area (Å²) in [4.78, 5) is 54.0. The number of carbonyl (C=O) groups excluding carboxylic acids is 2. The summed E-state index contributed by atoms with van der Waals surface area (Å²) in [6.07, 6.45) is 0. The zero-order valence-electron chi connectivity index (χ0n) is 25.2. The molecule has 44 heavy (non-hydrogen) atoms. The Hall–Kier alpha value is -4.23. The zero-order chi connectivity index (χ0) is 30.6. The number of hydroxylamine groups is 2. The van der Waals surface area contributed by atoms with Gasteiger partial charge in [0.05, 0.1) is 23.3 Å². The Morgan fingerprint density at radius 2 is 0.864 bits per heavy atom. The first-order chi connectivity index (χ1) is 18.2. The van der Waals surface area contributed by atoms with E-state index in [-0.39, 0.29) is 67.7 Å². The van der Waals surface area contributed by atoms with Crippen LogP contribution in [-0.2, 0) is 16.8 Å². The minimum atomic E-state index is -1.46. The Bertz CT molecular complexity index is 1420. The van der Waals surface area contributed by atoms with Crippen LogP contribution in [0.1, 0.15) is 87.8 Å². The van der Waals surface area contributed by atoms with Gasteiger partial charge >= 0.3 is 11.7 Å². The van der Waals surface area contributed by atoms with Gasteiger partial charge in [-0.3, -0.25) is 0 Å². The van der Waals surface area contributed by atoms with Crippen molar-refractivity contribution in [1.82, 2.24) is 9.97 Å². The first kappa shape index (κ1) is 41.9. The number of aromatic nitrogens is 2. The number of amidine groups is 2. The minimum absolute atomic E-state index is 0. The van der Waals surface area contributed by atoms with Crippen molar-refractivity contribution in [2.24, 2.45) is 0 Å². The van der Waals surface area contributed by atoms with E-state index < -0.39 is 34.1 Å². The molecule has 2 aliphatic heterocycles. The van der Waals surface area contributed by atoms with Crippen LogP contribution in [0.4, 0.5) is 0 Å². The molecule has 2 aliphatic rings. The van der Waals surface area contributed by atoms with Crippen molar-refractivity contribution in [3.05, 3.63) is 79.4 Å². The van der Waals surface area contributed by atoms with E-state index in [0.29, 0.717) is 19.0 Å². The summed E-state index contributed by atoms with van der Waals surface area (Å²) in [7, 11) is 0. The van der Waals surface area contributed by atoms with E-state index in [4.69, 9.17) is 0 Å². The van der Waals surface area contributed by atoms with Gasteiger partial charge in [0.15, 0.2) is 0 Å². The van der Waals surface area contributed by atoms with Crippen molar-refractivity contribution in [2.75, 3.05) is 0 Å². The van der Waals surface area contributed by atoms with Crippen LogP contribution in [-0.4, -0.2) is 91.2 Å². The van der Waals surface area contributed by atoms with Crippen LogP contribution >= 0.6 is 0 Å². The Labute approximate surface area is 262 Å². The largest absolute Gasteiger partial charge is 0.618 e. The van der Waals surface area contributed by atoms with Crippen molar-refractivity contribution >= 4 is 23.6 Å². The van der Waals surface area contributed by atoms with Gasteiger partial charge in [0.25, 0.3) is 11.1 Å². The van der Waals surface area contributed by atoms with Crippen molar-refractivity contribution in [1.29, 1.82) is 0 Å². The molecule has 0 fully saturated rings. The number of hydrogen-bond acceptors (Lipinski definition) is 10. The van der Waals surface area contributed by atoms with Crippen LogP contribution in [0.5, 0.6) is 0 Å². The monoisotopic (exact) mass is 667 g/mol.